The van der Waals surface area contributed by atoms with Crippen molar-refractivity contribution in [3.63, 3.8) is 0 Å². The number of rotatable bonds is 7. The molecule has 27 heavy (non-hydrogen) atoms. The lowest BCUT2D eigenvalue weighted by Crippen LogP contribution is -2.20. The molecule has 6 nitrogen and oxygen atoms in total. The lowest BCUT2D eigenvalue weighted by Gasteiger charge is -2.11. The minimum Gasteiger partial charge on any atom is -0.492 e. The van der Waals surface area contributed by atoms with Crippen molar-refractivity contribution < 1.29 is 19.1 Å². The third-order valence-corrected chi connectivity index (χ3v) is 4.48. The highest BCUT2D eigenvalue weighted by Crippen LogP contribution is 2.24. The highest BCUT2D eigenvalue weighted by atomic mass is 32.1. The predicted octanol–water partition coefficient (Wildman–Crippen LogP) is 3.89. The van der Waals surface area contributed by atoms with Gasteiger partial charge in [-0.25, -0.2) is 9.78 Å². The van der Waals surface area contributed by atoms with E-state index in [0.717, 1.165) is 10.2 Å². The molecule has 0 radical (unpaired) electrons. The van der Waals surface area contributed by atoms with E-state index in [2.05, 4.69) is 10.3 Å². The fraction of sp³-hybridized carbons (Fsp3) is 0.150. The molecule has 7 heteroatoms. The van der Waals surface area contributed by atoms with E-state index in [9.17, 15) is 9.59 Å². The molecule has 1 aromatic heterocycles. The molecule has 0 aliphatic rings. The topological polar surface area (TPSA) is 77.5 Å². The Bertz CT molecular complexity index is 948. The van der Waals surface area contributed by atoms with E-state index >= 15 is 0 Å². The van der Waals surface area contributed by atoms with Gasteiger partial charge in [-0.1, -0.05) is 24.3 Å². The summed E-state index contributed by atoms with van der Waals surface area (Å²) < 4.78 is 11.4. The second-order valence-corrected chi connectivity index (χ2v) is 6.50. The fourth-order valence-electron chi connectivity index (χ4n) is 2.32. The van der Waals surface area contributed by atoms with Crippen LogP contribution in [-0.4, -0.2) is 30.1 Å². The summed E-state index contributed by atoms with van der Waals surface area (Å²) in [5, 5.41) is 3.36. The SMILES string of the molecule is CCOc1ccccc1NC(=O)COC(=O)/C=C/c1nc2ccccc2s1. The van der Waals surface area contributed by atoms with Crippen molar-refractivity contribution >= 4 is 45.2 Å². The van der Waals surface area contributed by atoms with Crippen LogP contribution in [-0.2, 0) is 14.3 Å². The van der Waals surface area contributed by atoms with E-state index < -0.39 is 11.9 Å². The van der Waals surface area contributed by atoms with Crippen molar-refractivity contribution in [3.05, 3.63) is 59.6 Å². The van der Waals surface area contributed by atoms with Gasteiger partial charge in [-0.3, -0.25) is 4.79 Å². The number of anilines is 1. The second kappa shape index (κ2) is 8.95. The van der Waals surface area contributed by atoms with Crippen LogP contribution in [0.2, 0.25) is 0 Å². The molecule has 0 aliphatic carbocycles. The molecule has 0 unspecified atom stereocenters. The van der Waals surface area contributed by atoms with E-state index in [4.69, 9.17) is 9.47 Å². The molecule has 0 fully saturated rings. The number of nitrogens with zero attached hydrogens (tertiary/aromatic N) is 1. The molecule has 0 aliphatic heterocycles. The molecule has 0 saturated heterocycles. The summed E-state index contributed by atoms with van der Waals surface area (Å²) in [6.07, 6.45) is 2.84. The Balaban J connectivity index is 1.52. The first-order valence-corrected chi connectivity index (χ1v) is 9.19. The Morgan fingerprint density at radius 2 is 1.93 bits per heavy atom. The zero-order valence-electron chi connectivity index (χ0n) is 14.7. The van der Waals surface area contributed by atoms with Crippen molar-refractivity contribution in [2.24, 2.45) is 0 Å². The van der Waals surface area contributed by atoms with Crippen LogP contribution >= 0.6 is 11.3 Å². The largest absolute Gasteiger partial charge is 0.492 e. The van der Waals surface area contributed by atoms with Crippen molar-refractivity contribution in [3.8, 4) is 5.75 Å². The zero-order valence-corrected chi connectivity index (χ0v) is 15.5. The Labute approximate surface area is 160 Å². The first-order chi connectivity index (χ1) is 13.2. The van der Waals surface area contributed by atoms with Crippen LogP contribution in [0.3, 0.4) is 0 Å². The van der Waals surface area contributed by atoms with Crippen molar-refractivity contribution in [2.45, 2.75) is 6.92 Å². The van der Waals surface area contributed by atoms with Gasteiger partial charge in [-0.05, 0) is 37.3 Å². The summed E-state index contributed by atoms with van der Waals surface area (Å²) in [5.41, 5.74) is 1.41. The lowest BCUT2D eigenvalue weighted by atomic mass is 10.3. The molecule has 1 amide bonds. The molecule has 1 N–H and O–H groups in total. The zero-order chi connectivity index (χ0) is 19.1. The highest BCUT2D eigenvalue weighted by molar-refractivity contribution is 7.19. The smallest absolute Gasteiger partial charge is 0.331 e. The number of esters is 1. The number of hydrogen-bond donors (Lipinski definition) is 1. The standard InChI is InChI=1S/C20H18N2O4S/c1-2-25-16-9-5-3-7-14(16)21-18(23)13-26-20(24)12-11-19-22-15-8-4-6-10-17(15)27-19/h3-12H,2,13H2,1H3,(H,21,23)/b12-11+. The van der Waals surface area contributed by atoms with Gasteiger partial charge in [0.15, 0.2) is 6.61 Å². The van der Waals surface area contributed by atoms with Crippen LogP contribution in [0, 0.1) is 0 Å². The Hall–Kier alpha value is -3.19. The van der Waals surface area contributed by atoms with E-state index in [0.29, 0.717) is 23.1 Å². The summed E-state index contributed by atoms with van der Waals surface area (Å²) in [6, 6.07) is 14.8. The average Bonchev–Trinajstić information content (AvgIpc) is 3.09. The van der Waals surface area contributed by atoms with Gasteiger partial charge in [0.1, 0.15) is 10.8 Å². The number of hydrogen-bond acceptors (Lipinski definition) is 6. The number of benzene rings is 2. The maximum Gasteiger partial charge on any atom is 0.331 e. The van der Waals surface area contributed by atoms with Crippen LogP contribution < -0.4 is 10.1 Å². The van der Waals surface area contributed by atoms with Gasteiger partial charge in [0.25, 0.3) is 5.91 Å². The summed E-state index contributed by atoms with van der Waals surface area (Å²) >= 11 is 1.47. The van der Waals surface area contributed by atoms with E-state index in [1.807, 2.05) is 37.3 Å². The molecule has 0 saturated carbocycles. The minimum absolute atomic E-state index is 0.385. The molecule has 0 bridgehead atoms. The maximum atomic E-state index is 12.0. The summed E-state index contributed by atoms with van der Waals surface area (Å²) in [5.74, 6) is -0.484. The molecule has 1 heterocycles. The minimum atomic E-state index is -0.609. The van der Waals surface area contributed by atoms with E-state index in [1.54, 1.807) is 24.3 Å². The number of ether oxygens (including phenoxy) is 2. The molecule has 3 aromatic rings. The predicted molar refractivity (Wildman–Crippen MR) is 106 cm³/mol. The van der Waals surface area contributed by atoms with Crippen LogP contribution in [0.15, 0.2) is 54.6 Å². The van der Waals surface area contributed by atoms with Gasteiger partial charge >= 0.3 is 5.97 Å². The third-order valence-electron chi connectivity index (χ3n) is 3.48. The molecule has 0 atom stereocenters. The molecule has 3 rings (SSSR count). The second-order valence-electron chi connectivity index (χ2n) is 5.44. The van der Waals surface area contributed by atoms with Gasteiger partial charge in [-0.15, -0.1) is 11.3 Å². The number of para-hydroxylation sites is 3. The van der Waals surface area contributed by atoms with Crippen LogP contribution in [0.4, 0.5) is 5.69 Å². The van der Waals surface area contributed by atoms with Crippen LogP contribution in [0.25, 0.3) is 16.3 Å². The molecule has 138 valence electrons. The number of thiazole rings is 1. The van der Waals surface area contributed by atoms with Gasteiger partial charge in [0, 0.05) is 6.08 Å². The quantitative estimate of drug-likeness (QED) is 0.495. The van der Waals surface area contributed by atoms with Gasteiger partial charge in [0.2, 0.25) is 0 Å². The average molecular weight is 382 g/mol. The Morgan fingerprint density at radius 3 is 2.74 bits per heavy atom. The monoisotopic (exact) mass is 382 g/mol. The summed E-state index contributed by atoms with van der Waals surface area (Å²) in [6.45, 7) is 1.96. The maximum absolute atomic E-state index is 12.0. The number of fused-ring (bicyclic) bond motifs is 1. The fourth-order valence-corrected chi connectivity index (χ4v) is 3.19. The van der Waals surface area contributed by atoms with Gasteiger partial charge < -0.3 is 14.8 Å². The van der Waals surface area contributed by atoms with E-state index in [-0.39, 0.29) is 6.61 Å². The molecule has 2 aromatic carbocycles. The Morgan fingerprint density at radius 1 is 1.15 bits per heavy atom. The summed E-state index contributed by atoms with van der Waals surface area (Å²) in [7, 11) is 0. The number of carbonyl (C=O) groups excluding carboxylic acids is 2. The normalized spacial score (nSPS) is 10.9. The number of amides is 1. The van der Waals surface area contributed by atoms with Crippen LogP contribution in [0.1, 0.15) is 11.9 Å². The van der Waals surface area contributed by atoms with Crippen LogP contribution in [0.5, 0.6) is 5.75 Å². The molecular weight excluding hydrogens is 364 g/mol. The Kier molecular flexibility index (Phi) is 6.17. The third kappa shape index (κ3) is 5.15. The highest BCUT2D eigenvalue weighted by Gasteiger charge is 2.09. The van der Waals surface area contributed by atoms with Gasteiger partial charge in [-0.2, -0.15) is 0 Å². The first kappa shape index (κ1) is 18.6. The summed E-state index contributed by atoms with van der Waals surface area (Å²) in [4.78, 5) is 28.2. The van der Waals surface area contributed by atoms with Gasteiger partial charge in [0.05, 0.1) is 22.5 Å². The van der Waals surface area contributed by atoms with Crippen molar-refractivity contribution in [2.75, 3.05) is 18.5 Å². The lowest BCUT2D eigenvalue weighted by molar-refractivity contribution is -0.142. The van der Waals surface area contributed by atoms with Crippen molar-refractivity contribution in [1.82, 2.24) is 4.98 Å². The first-order valence-electron chi connectivity index (χ1n) is 8.38. The number of carbonyl (C=O) groups is 2. The molecule has 0 spiro atoms. The number of nitrogens with one attached hydrogen (secondary N) is 1. The number of aromatic nitrogens is 1. The molecular formula is C20H18N2O4S. The van der Waals surface area contributed by atoms with E-state index in [1.165, 1.54) is 17.4 Å². The van der Waals surface area contributed by atoms with Crippen molar-refractivity contribution in [1.29, 1.82) is 0 Å².